The summed E-state index contributed by atoms with van der Waals surface area (Å²) in [6.45, 7) is 7.81. The van der Waals surface area contributed by atoms with Gasteiger partial charge in [-0.3, -0.25) is 4.79 Å². The van der Waals surface area contributed by atoms with E-state index in [1.165, 1.54) is 0 Å². The van der Waals surface area contributed by atoms with Crippen LogP contribution < -0.4 is 10.1 Å². The monoisotopic (exact) mass is 351 g/mol. The molecule has 7 nitrogen and oxygen atoms in total. The first-order chi connectivity index (χ1) is 12.5. The fourth-order valence-corrected chi connectivity index (χ4v) is 2.40. The zero-order valence-corrected chi connectivity index (χ0v) is 15.3. The molecule has 7 heteroatoms. The fourth-order valence-electron chi connectivity index (χ4n) is 2.40. The van der Waals surface area contributed by atoms with Crippen molar-refractivity contribution in [3.63, 3.8) is 0 Å². The molecular weight excluding hydrogens is 330 g/mol. The number of carbonyl (C=O) groups is 1. The van der Waals surface area contributed by atoms with E-state index in [0.29, 0.717) is 23.9 Å². The molecule has 0 aliphatic carbocycles. The highest BCUT2D eigenvalue weighted by Gasteiger charge is 2.11. The number of nitrogens with one attached hydrogen (secondary N) is 1. The number of aryl methyl sites for hydroxylation is 1. The van der Waals surface area contributed by atoms with Crippen LogP contribution >= 0.6 is 0 Å². The third-order valence-electron chi connectivity index (χ3n) is 4.18. The zero-order valence-electron chi connectivity index (χ0n) is 15.3. The van der Waals surface area contributed by atoms with Gasteiger partial charge in [-0.2, -0.15) is 5.10 Å². The molecule has 0 radical (unpaired) electrons. The van der Waals surface area contributed by atoms with E-state index in [2.05, 4.69) is 20.6 Å². The topological polar surface area (TPSA) is 81.9 Å². The summed E-state index contributed by atoms with van der Waals surface area (Å²) in [5.74, 6) is 1.61. The average Bonchev–Trinajstić information content (AvgIpc) is 2.91. The molecule has 0 aliphatic heterocycles. The van der Waals surface area contributed by atoms with Crippen molar-refractivity contribution in [2.75, 3.05) is 5.32 Å². The van der Waals surface area contributed by atoms with Crippen LogP contribution in [0, 0.1) is 20.8 Å². The number of hydrogen-bond donors (Lipinski definition) is 1. The molecule has 1 N–H and O–H groups in total. The van der Waals surface area contributed by atoms with Gasteiger partial charge in [-0.25, -0.2) is 4.68 Å². The van der Waals surface area contributed by atoms with Crippen LogP contribution in [0.1, 0.15) is 30.3 Å². The van der Waals surface area contributed by atoms with Crippen LogP contribution in [0.2, 0.25) is 0 Å². The molecule has 0 saturated carbocycles. The molecule has 0 saturated heterocycles. The lowest BCUT2D eigenvalue weighted by molar-refractivity contribution is -0.115. The van der Waals surface area contributed by atoms with E-state index in [1.807, 2.05) is 33.8 Å². The number of nitrogens with zero attached hydrogens (tertiary/aromatic N) is 4. The first-order valence-corrected chi connectivity index (χ1v) is 8.42. The number of hydrogen-bond acceptors (Lipinski definition) is 5. The minimum absolute atomic E-state index is 0.0282. The number of rotatable bonds is 5. The number of carbonyl (C=O) groups excluding carboxylic acids is 1. The van der Waals surface area contributed by atoms with Crippen LogP contribution in [-0.2, 0) is 4.79 Å². The standard InChI is InChI=1S/C19H21N5O2/c1-5-18(25)20-15-6-8-16(9-7-15)26-19-11-10-17(21-22-19)24-14(4)12(2)13(3)23-24/h6-11H,5H2,1-4H3,(H,20,25). The lowest BCUT2D eigenvalue weighted by Gasteiger charge is -2.07. The second-order valence-electron chi connectivity index (χ2n) is 5.97. The highest BCUT2D eigenvalue weighted by Crippen LogP contribution is 2.22. The predicted molar refractivity (Wildman–Crippen MR) is 98.8 cm³/mol. The highest BCUT2D eigenvalue weighted by molar-refractivity contribution is 5.90. The maximum Gasteiger partial charge on any atom is 0.238 e. The van der Waals surface area contributed by atoms with Crippen LogP contribution in [0.3, 0.4) is 0 Å². The van der Waals surface area contributed by atoms with Crippen molar-refractivity contribution in [2.24, 2.45) is 0 Å². The van der Waals surface area contributed by atoms with Gasteiger partial charge in [0.2, 0.25) is 11.8 Å². The quantitative estimate of drug-likeness (QED) is 0.757. The van der Waals surface area contributed by atoms with Crippen molar-refractivity contribution in [2.45, 2.75) is 34.1 Å². The van der Waals surface area contributed by atoms with Crippen LogP contribution in [0.4, 0.5) is 5.69 Å². The predicted octanol–water partition coefficient (Wildman–Crippen LogP) is 3.73. The molecule has 2 aromatic heterocycles. The molecule has 3 aromatic rings. The molecule has 0 unspecified atom stereocenters. The van der Waals surface area contributed by atoms with E-state index in [-0.39, 0.29) is 5.91 Å². The lowest BCUT2D eigenvalue weighted by atomic mass is 10.2. The number of anilines is 1. The molecule has 1 aromatic carbocycles. The summed E-state index contributed by atoms with van der Waals surface area (Å²) < 4.78 is 7.47. The van der Waals surface area contributed by atoms with Crippen LogP contribution in [0.5, 0.6) is 11.6 Å². The van der Waals surface area contributed by atoms with E-state index in [0.717, 1.165) is 22.6 Å². The SMILES string of the molecule is CCC(=O)Nc1ccc(Oc2ccc(-n3nc(C)c(C)c3C)nn2)cc1. The summed E-state index contributed by atoms with van der Waals surface area (Å²) in [5, 5.41) is 15.6. The molecule has 0 fully saturated rings. The summed E-state index contributed by atoms with van der Waals surface area (Å²) in [5.41, 5.74) is 3.88. The Hall–Kier alpha value is -3.22. The first kappa shape index (κ1) is 17.6. The Bertz CT molecular complexity index is 914. The summed E-state index contributed by atoms with van der Waals surface area (Å²) in [6, 6.07) is 10.7. The van der Waals surface area contributed by atoms with Gasteiger partial charge in [0, 0.05) is 23.9 Å². The largest absolute Gasteiger partial charge is 0.438 e. The highest BCUT2D eigenvalue weighted by atomic mass is 16.5. The Kier molecular flexibility index (Phi) is 4.97. The van der Waals surface area contributed by atoms with Gasteiger partial charge < -0.3 is 10.1 Å². The molecule has 0 spiro atoms. The van der Waals surface area contributed by atoms with E-state index < -0.39 is 0 Å². The van der Waals surface area contributed by atoms with Gasteiger partial charge in [-0.05, 0) is 56.7 Å². The molecule has 134 valence electrons. The second kappa shape index (κ2) is 7.35. The van der Waals surface area contributed by atoms with Crippen LogP contribution in [-0.4, -0.2) is 25.9 Å². The Balaban J connectivity index is 1.71. The van der Waals surface area contributed by atoms with Crippen LogP contribution in [0.15, 0.2) is 36.4 Å². The summed E-state index contributed by atoms with van der Waals surface area (Å²) in [7, 11) is 0. The van der Waals surface area contributed by atoms with Gasteiger partial charge in [0.15, 0.2) is 5.82 Å². The van der Waals surface area contributed by atoms with Crippen molar-refractivity contribution in [3.8, 4) is 17.4 Å². The minimum Gasteiger partial charge on any atom is -0.438 e. The molecule has 1 amide bonds. The van der Waals surface area contributed by atoms with E-state index in [9.17, 15) is 4.79 Å². The average molecular weight is 351 g/mol. The van der Waals surface area contributed by atoms with E-state index >= 15 is 0 Å². The molecule has 0 bridgehead atoms. The van der Waals surface area contributed by atoms with Crippen molar-refractivity contribution in [1.82, 2.24) is 20.0 Å². The van der Waals surface area contributed by atoms with Gasteiger partial charge in [0.25, 0.3) is 0 Å². The molecular formula is C19H21N5O2. The lowest BCUT2D eigenvalue weighted by Crippen LogP contribution is -2.09. The Morgan fingerprint density at radius 3 is 2.35 bits per heavy atom. The Morgan fingerprint density at radius 1 is 1.08 bits per heavy atom. The summed E-state index contributed by atoms with van der Waals surface area (Å²) in [6.07, 6.45) is 0.439. The van der Waals surface area contributed by atoms with E-state index in [1.54, 1.807) is 35.0 Å². The molecule has 2 heterocycles. The minimum atomic E-state index is -0.0282. The van der Waals surface area contributed by atoms with Gasteiger partial charge in [0.1, 0.15) is 5.75 Å². The molecule has 0 atom stereocenters. The number of ether oxygens (including phenoxy) is 1. The fraction of sp³-hybridized carbons (Fsp3) is 0.263. The number of benzene rings is 1. The van der Waals surface area contributed by atoms with E-state index in [4.69, 9.17) is 4.74 Å². The third kappa shape index (κ3) is 3.72. The van der Waals surface area contributed by atoms with Crippen molar-refractivity contribution < 1.29 is 9.53 Å². The van der Waals surface area contributed by atoms with Gasteiger partial charge in [-0.1, -0.05) is 6.92 Å². The zero-order chi connectivity index (χ0) is 18.7. The maximum absolute atomic E-state index is 11.4. The molecule has 3 rings (SSSR count). The normalized spacial score (nSPS) is 10.6. The first-order valence-electron chi connectivity index (χ1n) is 8.42. The summed E-state index contributed by atoms with van der Waals surface area (Å²) in [4.78, 5) is 11.4. The van der Waals surface area contributed by atoms with Crippen molar-refractivity contribution in [3.05, 3.63) is 53.3 Å². The third-order valence-corrected chi connectivity index (χ3v) is 4.18. The summed E-state index contributed by atoms with van der Waals surface area (Å²) >= 11 is 0. The number of amides is 1. The second-order valence-corrected chi connectivity index (χ2v) is 5.97. The van der Waals surface area contributed by atoms with Crippen molar-refractivity contribution >= 4 is 11.6 Å². The maximum atomic E-state index is 11.4. The van der Waals surface area contributed by atoms with Gasteiger partial charge in [-0.15, -0.1) is 10.2 Å². The van der Waals surface area contributed by atoms with Crippen molar-refractivity contribution in [1.29, 1.82) is 0 Å². The molecule has 26 heavy (non-hydrogen) atoms. The van der Waals surface area contributed by atoms with Gasteiger partial charge >= 0.3 is 0 Å². The molecule has 0 aliphatic rings. The Morgan fingerprint density at radius 2 is 1.81 bits per heavy atom. The Labute approximate surface area is 152 Å². The van der Waals surface area contributed by atoms with Crippen LogP contribution in [0.25, 0.3) is 5.82 Å². The smallest absolute Gasteiger partial charge is 0.238 e. The number of aromatic nitrogens is 4. The van der Waals surface area contributed by atoms with Gasteiger partial charge in [0.05, 0.1) is 5.69 Å².